The molecule has 0 aromatic rings. The number of aliphatic carboxylic acids is 3. The molecule has 0 aliphatic carbocycles. The second kappa shape index (κ2) is 12.3. The van der Waals surface area contributed by atoms with Crippen molar-refractivity contribution in [2.75, 3.05) is 6.54 Å². The first-order chi connectivity index (χ1) is 13.3. The van der Waals surface area contributed by atoms with Crippen molar-refractivity contribution in [2.24, 2.45) is 11.7 Å². The van der Waals surface area contributed by atoms with E-state index in [1.807, 2.05) is 19.2 Å². The van der Waals surface area contributed by atoms with Gasteiger partial charge in [-0.25, -0.2) is 4.79 Å². The van der Waals surface area contributed by atoms with Crippen molar-refractivity contribution in [3.05, 3.63) is 0 Å². The van der Waals surface area contributed by atoms with Gasteiger partial charge in [0.25, 0.3) is 0 Å². The molecule has 13 heteroatoms. The number of amides is 3. The summed E-state index contributed by atoms with van der Waals surface area (Å²) in [4.78, 5) is 68.5. The fourth-order valence-corrected chi connectivity index (χ4v) is 2.19. The van der Waals surface area contributed by atoms with E-state index in [1.54, 1.807) is 0 Å². The van der Waals surface area contributed by atoms with E-state index >= 15 is 0 Å². The fourth-order valence-electron chi connectivity index (χ4n) is 2.19. The molecule has 8 N–H and O–H groups in total. The second-order valence-electron chi connectivity index (χ2n) is 6.67. The molecular formula is C16H26N4O9. The van der Waals surface area contributed by atoms with Crippen LogP contribution in [0.2, 0.25) is 0 Å². The molecule has 13 nitrogen and oxygen atoms in total. The smallest absolute Gasteiger partial charge is 0.326 e. The minimum atomic E-state index is -1.82. The molecule has 3 amide bonds. The largest absolute Gasteiger partial charge is 0.481 e. The third kappa shape index (κ3) is 11.3. The number of carbonyl (C=O) groups is 6. The van der Waals surface area contributed by atoms with E-state index in [0.29, 0.717) is 6.42 Å². The number of hydrogen-bond acceptors (Lipinski definition) is 7. The standard InChI is InChI=1S/C16H26N4O9/c1-7(2)3-8(17)14(26)18-6-11(21)19-9(4-12(22)23)15(27)20-10(16(28)29)5-13(24)25/h7-10H,3-6,17H2,1-2H3,(H,18,26)(H,19,21)(H,20,27)(H,22,23)(H,24,25)(H,28,29). The van der Waals surface area contributed by atoms with Gasteiger partial charge < -0.3 is 37.0 Å². The number of nitrogens with two attached hydrogens (primary N) is 1. The molecule has 0 heterocycles. The van der Waals surface area contributed by atoms with Crippen LogP contribution in [0.1, 0.15) is 33.1 Å². The van der Waals surface area contributed by atoms with Crippen LogP contribution in [-0.4, -0.2) is 75.6 Å². The summed E-state index contributed by atoms with van der Waals surface area (Å²) < 4.78 is 0. The highest BCUT2D eigenvalue weighted by Gasteiger charge is 2.29. The SMILES string of the molecule is CC(C)CC(N)C(=O)NCC(=O)NC(CC(=O)O)C(=O)NC(CC(=O)O)C(=O)O. The number of carbonyl (C=O) groups excluding carboxylic acids is 3. The molecule has 0 spiro atoms. The second-order valence-corrected chi connectivity index (χ2v) is 6.67. The van der Waals surface area contributed by atoms with Crippen LogP contribution >= 0.6 is 0 Å². The van der Waals surface area contributed by atoms with Crippen LogP contribution in [0.4, 0.5) is 0 Å². The zero-order chi connectivity index (χ0) is 22.7. The molecule has 0 aromatic carbocycles. The highest BCUT2D eigenvalue weighted by Crippen LogP contribution is 2.02. The van der Waals surface area contributed by atoms with Gasteiger partial charge in [0.05, 0.1) is 25.4 Å². The summed E-state index contributed by atoms with van der Waals surface area (Å²) in [6, 6.07) is -4.35. The van der Waals surface area contributed by atoms with Gasteiger partial charge in [-0.2, -0.15) is 0 Å². The van der Waals surface area contributed by atoms with Crippen molar-refractivity contribution >= 4 is 35.6 Å². The number of hydrogen-bond donors (Lipinski definition) is 7. The van der Waals surface area contributed by atoms with Gasteiger partial charge in [0, 0.05) is 0 Å². The van der Waals surface area contributed by atoms with E-state index < -0.39 is 73.1 Å². The van der Waals surface area contributed by atoms with Crippen LogP contribution in [0.3, 0.4) is 0 Å². The fraction of sp³-hybridized carbons (Fsp3) is 0.625. The third-order valence-corrected chi connectivity index (χ3v) is 3.51. The first-order valence-electron chi connectivity index (χ1n) is 8.62. The van der Waals surface area contributed by atoms with Crippen molar-refractivity contribution in [3.63, 3.8) is 0 Å². The Morgan fingerprint density at radius 2 is 1.34 bits per heavy atom. The van der Waals surface area contributed by atoms with Crippen molar-refractivity contribution in [1.82, 2.24) is 16.0 Å². The average Bonchev–Trinajstić information content (AvgIpc) is 2.56. The van der Waals surface area contributed by atoms with E-state index in [4.69, 9.17) is 21.1 Å². The van der Waals surface area contributed by atoms with Gasteiger partial charge >= 0.3 is 17.9 Å². The number of carboxylic acids is 3. The van der Waals surface area contributed by atoms with Crippen molar-refractivity contribution in [1.29, 1.82) is 0 Å². The van der Waals surface area contributed by atoms with Gasteiger partial charge in [0.15, 0.2) is 0 Å². The van der Waals surface area contributed by atoms with Crippen LogP contribution in [0, 0.1) is 5.92 Å². The normalized spacial score (nSPS) is 13.7. The lowest BCUT2D eigenvalue weighted by atomic mass is 10.0. The van der Waals surface area contributed by atoms with E-state index in [9.17, 15) is 28.8 Å². The Morgan fingerprint density at radius 3 is 1.79 bits per heavy atom. The zero-order valence-electron chi connectivity index (χ0n) is 16.0. The van der Waals surface area contributed by atoms with Gasteiger partial charge in [-0.05, 0) is 12.3 Å². The van der Waals surface area contributed by atoms with Crippen molar-refractivity contribution < 1.29 is 44.1 Å². The Kier molecular flexibility index (Phi) is 10.9. The molecule has 0 saturated heterocycles. The number of carboxylic acid groups (broad SMARTS) is 3. The Balaban J connectivity index is 4.92. The molecule has 3 atom stereocenters. The molecule has 0 aromatic heterocycles. The molecule has 0 bridgehead atoms. The molecule has 0 aliphatic rings. The van der Waals surface area contributed by atoms with Crippen LogP contribution in [-0.2, 0) is 28.8 Å². The Bertz CT molecular complexity index is 650. The third-order valence-electron chi connectivity index (χ3n) is 3.51. The van der Waals surface area contributed by atoms with Crippen LogP contribution < -0.4 is 21.7 Å². The summed E-state index contributed by atoms with van der Waals surface area (Å²) in [6.07, 6.45) is -1.46. The minimum absolute atomic E-state index is 0.140. The Hall–Kier alpha value is -3.22. The first-order valence-corrected chi connectivity index (χ1v) is 8.62. The summed E-state index contributed by atoms with van der Waals surface area (Å²) >= 11 is 0. The Labute approximate surface area is 166 Å². The van der Waals surface area contributed by atoms with Crippen molar-refractivity contribution in [3.8, 4) is 0 Å². The van der Waals surface area contributed by atoms with E-state index in [2.05, 4.69) is 10.6 Å². The van der Waals surface area contributed by atoms with Gasteiger partial charge in [0.1, 0.15) is 12.1 Å². The quantitative estimate of drug-likeness (QED) is 0.166. The summed E-state index contributed by atoms with van der Waals surface area (Å²) in [5.41, 5.74) is 5.65. The maximum atomic E-state index is 12.1. The summed E-state index contributed by atoms with van der Waals surface area (Å²) in [6.45, 7) is 3.11. The maximum absolute atomic E-state index is 12.1. The maximum Gasteiger partial charge on any atom is 0.326 e. The number of nitrogens with one attached hydrogen (secondary N) is 3. The molecule has 3 unspecified atom stereocenters. The van der Waals surface area contributed by atoms with Crippen molar-refractivity contribution in [2.45, 2.75) is 51.2 Å². The molecule has 0 radical (unpaired) electrons. The van der Waals surface area contributed by atoms with Crippen LogP contribution in [0.5, 0.6) is 0 Å². The lowest BCUT2D eigenvalue weighted by Gasteiger charge is -2.20. The van der Waals surface area contributed by atoms with Crippen LogP contribution in [0.15, 0.2) is 0 Å². The monoisotopic (exact) mass is 418 g/mol. The summed E-state index contributed by atoms with van der Waals surface area (Å²) in [7, 11) is 0. The molecule has 0 saturated carbocycles. The van der Waals surface area contributed by atoms with Gasteiger partial charge in [-0.1, -0.05) is 13.8 Å². The first kappa shape index (κ1) is 25.8. The molecule has 0 rings (SSSR count). The Morgan fingerprint density at radius 1 is 0.828 bits per heavy atom. The molecular weight excluding hydrogens is 392 g/mol. The summed E-state index contributed by atoms with van der Waals surface area (Å²) in [5.74, 6) is -7.20. The zero-order valence-corrected chi connectivity index (χ0v) is 16.0. The van der Waals surface area contributed by atoms with Gasteiger partial charge in [-0.15, -0.1) is 0 Å². The van der Waals surface area contributed by atoms with Crippen LogP contribution in [0.25, 0.3) is 0 Å². The van der Waals surface area contributed by atoms with E-state index in [1.165, 1.54) is 0 Å². The average molecular weight is 418 g/mol. The highest BCUT2D eigenvalue weighted by molar-refractivity contribution is 5.95. The molecule has 29 heavy (non-hydrogen) atoms. The lowest BCUT2D eigenvalue weighted by molar-refractivity contribution is -0.148. The number of rotatable bonds is 13. The highest BCUT2D eigenvalue weighted by atomic mass is 16.4. The topological polar surface area (TPSA) is 225 Å². The van der Waals surface area contributed by atoms with E-state index in [0.717, 1.165) is 0 Å². The van der Waals surface area contributed by atoms with Gasteiger partial charge in [0.2, 0.25) is 17.7 Å². The lowest BCUT2D eigenvalue weighted by Crippen LogP contribution is -2.54. The predicted molar refractivity (Wildman–Crippen MR) is 96.4 cm³/mol. The molecule has 0 fully saturated rings. The van der Waals surface area contributed by atoms with E-state index in [-0.39, 0.29) is 5.92 Å². The summed E-state index contributed by atoms with van der Waals surface area (Å²) in [5, 5.41) is 32.6. The molecule has 164 valence electrons. The predicted octanol–water partition coefficient (Wildman–Crippen LogP) is -2.52. The molecule has 0 aliphatic heterocycles. The van der Waals surface area contributed by atoms with Gasteiger partial charge in [-0.3, -0.25) is 24.0 Å². The minimum Gasteiger partial charge on any atom is -0.481 e.